The number of methoxy groups -OCH3 is 1. The fourth-order valence-corrected chi connectivity index (χ4v) is 5.10. The first-order valence-electron chi connectivity index (χ1n) is 11.6. The lowest BCUT2D eigenvalue weighted by molar-refractivity contribution is -0.142. The van der Waals surface area contributed by atoms with Crippen molar-refractivity contribution in [3.8, 4) is 11.4 Å². The van der Waals surface area contributed by atoms with Gasteiger partial charge >= 0.3 is 6.18 Å². The molecule has 2 aliphatic rings. The summed E-state index contributed by atoms with van der Waals surface area (Å²) >= 11 is 0. The lowest BCUT2D eigenvalue weighted by atomic mass is 9.83. The number of hydrogen-bond acceptors (Lipinski definition) is 4. The molecule has 0 spiro atoms. The van der Waals surface area contributed by atoms with Crippen molar-refractivity contribution in [1.29, 1.82) is 0 Å². The van der Waals surface area contributed by atoms with E-state index in [0.717, 1.165) is 23.1 Å². The second-order valence-electron chi connectivity index (χ2n) is 9.32. The highest BCUT2D eigenvalue weighted by molar-refractivity contribution is 6.07. The first kappa shape index (κ1) is 23.9. The highest BCUT2D eigenvalue weighted by atomic mass is 19.4. The number of anilines is 1. The van der Waals surface area contributed by atoms with Crippen LogP contribution in [0, 0.1) is 5.92 Å². The molecule has 1 fully saturated rings. The van der Waals surface area contributed by atoms with E-state index in [1.54, 1.807) is 36.4 Å². The first-order chi connectivity index (χ1) is 17.1. The summed E-state index contributed by atoms with van der Waals surface area (Å²) in [7, 11) is 1.48. The smallest absolute Gasteiger partial charge is 0.435 e. The molecule has 2 N–H and O–H groups in total. The zero-order chi connectivity index (χ0) is 25.8. The molecule has 1 aromatic heterocycles. The Kier molecular flexibility index (Phi) is 5.57. The van der Waals surface area contributed by atoms with E-state index in [0.29, 0.717) is 17.1 Å². The van der Waals surface area contributed by atoms with Crippen LogP contribution in [0.3, 0.4) is 0 Å². The number of ether oxygens (including phenoxy) is 1. The molecular weight excluding hydrogens is 473 g/mol. The Hall–Kier alpha value is -3.82. The summed E-state index contributed by atoms with van der Waals surface area (Å²) in [6.07, 6.45) is -2.98. The van der Waals surface area contributed by atoms with Crippen LogP contribution in [0.4, 0.5) is 18.9 Å². The number of primary amides is 1. The Morgan fingerprint density at radius 1 is 1.08 bits per heavy atom. The van der Waals surface area contributed by atoms with E-state index < -0.39 is 17.8 Å². The number of benzene rings is 2. The number of alkyl halides is 3. The fourth-order valence-electron chi connectivity index (χ4n) is 5.10. The monoisotopic (exact) mass is 498 g/mol. The Morgan fingerprint density at radius 2 is 1.69 bits per heavy atom. The van der Waals surface area contributed by atoms with Crippen LogP contribution in [0.5, 0.6) is 5.75 Å². The van der Waals surface area contributed by atoms with E-state index in [9.17, 15) is 22.8 Å². The van der Waals surface area contributed by atoms with Gasteiger partial charge in [-0.2, -0.15) is 18.3 Å². The third-order valence-corrected chi connectivity index (χ3v) is 7.40. The summed E-state index contributed by atoms with van der Waals surface area (Å²) in [4.78, 5) is 26.8. The number of carbonyl (C=O) groups excluding carboxylic acids is 2. The van der Waals surface area contributed by atoms with Crippen LogP contribution in [0.25, 0.3) is 5.69 Å². The topological polar surface area (TPSA) is 90.5 Å². The number of fused-ring (bicyclic) bond motifs is 1. The van der Waals surface area contributed by atoms with Crippen LogP contribution < -0.4 is 15.4 Å². The maximum atomic E-state index is 13.8. The summed E-state index contributed by atoms with van der Waals surface area (Å²) < 4.78 is 47.6. The summed E-state index contributed by atoms with van der Waals surface area (Å²) in [5.74, 6) is -0.706. The summed E-state index contributed by atoms with van der Waals surface area (Å²) in [6.45, 7) is 1.91. The quantitative estimate of drug-likeness (QED) is 0.550. The van der Waals surface area contributed by atoms with Crippen molar-refractivity contribution in [3.63, 3.8) is 0 Å². The molecule has 1 saturated carbocycles. The van der Waals surface area contributed by atoms with Gasteiger partial charge in [-0.3, -0.25) is 9.59 Å². The number of carbonyl (C=O) groups is 2. The number of aromatic nitrogens is 2. The van der Waals surface area contributed by atoms with Crippen molar-refractivity contribution in [3.05, 3.63) is 71.0 Å². The van der Waals surface area contributed by atoms with Gasteiger partial charge in [0, 0.05) is 29.1 Å². The molecule has 0 radical (unpaired) electrons. The molecule has 2 amide bonds. The second-order valence-corrected chi connectivity index (χ2v) is 9.32. The standard InChI is InChI=1S/C26H25F3N4O3/c1-15(23(30)34)25(12-13-25)16-3-5-17(6-4-16)32-14-11-20-21(24(32)35)33(31-22(20)26(27,28)29)18-7-9-19(36-2)10-8-18/h3-10,15H,11-14H2,1-2H3,(H2,30,34). The molecule has 188 valence electrons. The molecule has 10 heteroatoms. The van der Waals surface area contributed by atoms with Crippen LogP contribution in [-0.2, 0) is 22.8 Å². The predicted octanol–water partition coefficient (Wildman–Crippen LogP) is 4.26. The van der Waals surface area contributed by atoms with Crippen molar-refractivity contribution in [2.24, 2.45) is 11.7 Å². The highest BCUT2D eigenvalue weighted by Crippen LogP contribution is 2.54. The molecule has 5 rings (SSSR count). The van der Waals surface area contributed by atoms with Gasteiger partial charge in [0.05, 0.1) is 12.8 Å². The van der Waals surface area contributed by atoms with E-state index in [1.165, 1.54) is 12.0 Å². The van der Waals surface area contributed by atoms with E-state index in [-0.39, 0.29) is 41.5 Å². The molecular formula is C26H25F3N4O3. The summed E-state index contributed by atoms with van der Waals surface area (Å²) in [5, 5.41) is 3.82. The van der Waals surface area contributed by atoms with Crippen molar-refractivity contribution in [2.75, 3.05) is 18.6 Å². The van der Waals surface area contributed by atoms with E-state index in [2.05, 4.69) is 5.10 Å². The molecule has 1 aliphatic heterocycles. The van der Waals surface area contributed by atoms with Gasteiger partial charge in [0.2, 0.25) is 5.91 Å². The molecule has 0 bridgehead atoms. The number of rotatable bonds is 6. The third-order valence-electron chi connectivity index (χ3n) is 7.40. The number of halogens is 3. The Morgan fingerprint density at radius 3 is 2.22 bits per heavy atom. The zero-order valence-electron chi connectivity index (χ0n) is 19.8. The molecule has 7 nitrogen and oxygen atoms in total. The van der Waals surface area contributed by atoms with Crippen LogP contribution in [0.2, 0.25) is 0 Å². The average molecular weight is 499 g/mol. The largest absolute Gasteiger partial charge is 0.497 e. The minimum absolute atomic E-state index is 0.0104. The van der Waals surface area contributed by atoms with Gasteiger partial charge in [0.1, 0.15) is 11.4 Å². The lowest BCUT2D eigenvalue weighted by Crippen LogP contribution is -2.39. The molecule has 2 heterocycles. The first-order valence-corrected chi connectivity index (χ1v) is 11.6. The molecule has 1 aliphatic carbocycles. The summed E-state index contributed by atoms with van der Waals surface area (Å²) in [5.41, 5.74) is 5.83. The van der Waals surface area contributed by atoms with Crippen molar-refractivity contribution in [2.45, 2.75) is 37.8 Å². The maximum Gasteiger partial charge on any atom is 0.435 e. The van der Waals surface area contributed by atoms with Crippen molar-refractivity contribution < 1.29 is 27.5 Å². The lowest BCUT2D eigenvalue weighted by Gasteiger charge is -2.29. The van der Waals surface area contributed by atoms with Crippen LogP contribution in [0.1, 0.15) is 47.1 Å². The maximum absolute atomic E-state index is 13.8. The molecule has 1 unspecified atom stereocenters. The van der Waals surface area contributed by atoms with E-state index in [1.807, 2.05) is 19.1 Å². The minimum Gasteiger partial charge on any atom is -0.497 e. The van der Waals surface area contributed by atoms with Gasteiger partial charge in [0.15, 0.2) is 5.69 Å². The SMILES string of the molecule is COc1ccc(-n2nc(C(F)(F)F)c3c2C(=O)N(c2ccc(C4(C(C)C(N)=O)CC4)cc2)CC3)cc1. The van der Waals surface area contributed by atoms with Crippen molar-refractivity contribution >= 4 is 17.5 Å². The average Bonchev–Trinajstić information content (AvgIpc) is 3.56. The second kappa shape index (κ2) is 8.39. The van der Waals surface area contributed by atoms with Gasteiger partial charge in [-0.05, 0) is 61.2 Å². The minimum atomic E-state index is -4.69. The number of nitrogens with two attached hydrogens (primary N) is 1. The van der Waals surface area contributed by atoms with Gasteiger partial charge in [-0.1, -0.05) is 19.1 Å². The van der Waals surface area contributed by atoms with Gasteiger partial charge in [0.25, 0.3) is 5.91 Å². The van der Waals surface area contributed by atoms with Crippen LogP contribution >= 0.6 is 0 Å². The molecule has 1 atom stereocenters. The van der Waals surface area contributed by atoms with E-state index in [4.69, 9.17) is 10.5 Å². The van der Waals surface area contributed by atoms with Crippen LogP contribution in [-0.4, -0.2) is 35.2 Å². The molecule has 2 aromatic carbocycles. The number of nitrogens with zero attached hydrogens (tertiary/aromatic N) is 3. The van der Waals surface area contributed by atoms with Gasteiger partial charge < -0.3 is 15.4 Å². The Labute approximate surface area is 205 Å². The molecule has 3 aromatic rings. The normalized spacial score (nSPS) is 17.5. The van der Waals surface area contributed by atoms with Gasteiger partial charge in [-0.25, -0.2) is 4.68 Å². The summed E-state index contributed by atoms with van der Waals surface area (Å²) in [6, 6.07) is 13.6. The third kappa shape index (κ3) is 3.81. The Bertz CT molecular complexity index is 1330. The Balaban J connectivity index is 1.51. The number of hydrogen-bond donors (Lipinski definition) is 1. The van der Waals surface area contributed by atoms with E-state index >= 15 is 0 Å². The van der Waals surface area contributed by atoms with Crippen molar-refractivity contribution in [1.82, 2.24) is 9.78 Å². The van der Waals surface area contributed by atoms with Crippen LogP contribution in [0.15, 0.2) is 48.5 Å². The highest BCUT2D eigenvalue weighted by Gasteiger charge is 2.51. The molecule has 0 saturated heterocycles. The number of amides is 2. The zero-order valence-corrected chi connectivity index (χ0v) is 19.8. The predicted molar refractivity (Wildman–Crippen MR) is 126 cm³/mol. The van der Waals surface area contributed by atoms with Gasteiger partial charge in [-0.15, -0.1) is 0 Å². The molecule has 36 heavy (non-hydrogen) atoms. The fraction of sp³-hybridized carbons (Fsp3) is 0.346.